The summed E-state index contributed by atoms with van der Waals surface area (Å²) in [7, 11) is 0. The summed E-state index contributed by atoms with van der Waals surface area (Å²) < 4.78 is 33.8. The monoisotopic (exact) mass is 426 g/mol. The number of allylic oxidation sites excluding steroid dienone is 2. The molecule has 3 rings (SSSR count). The number of benzene rings is 2. The number of rotatable bonds is 10. The summed E-state index contributed by atoms with van der Waals surface area (Å²) in [6.07, 6.45) is 14.3. The molecule has 168 valence electrons. The van der Waals surface area contributed by atoms with Gasteiger partial charge in [0, 0.05) is 0 Å². The topological polar surface area (TPSA) is 9.23 Å². The number of aryl methyl sites for hydroxylation is 2. The van der Waals surface area contributed by atoms with Crippen LogP contribution in [0.5, 0.6) is 5.75 Å². The molecule has 0 aromatic heterocycles. The molecule has 0 atom stereocenters. The van der Waals surface area contributed by atoms with Gasteiger partial charge in [0.15, 0.2) is 11.6 Å². The normalized spacial score (nSPS) is 19.1. The molecule has 0 spiro atoms. The van der Waals surface area contributed by atoms with Crippen LogP contribution in [0, 0.1) is 17.6 Å². The summed E-state index contributed by atoms with van der Waals surface area (Å²) in [5.74, 6) is -0.925. The average molecular weight is 427 g/mol. The van der Waals surface area contributed by atoms with E-state index < -0.39 is 11.6 Å². The fraction of sp³-hybridized carbons (Fsp3) is 0.500. The number of hydrogen-bond acceptors (Lipinski definition) is 1. The molecule has 1 saturated carbocycles. The van der Waals surface area contributed by atoms with Crippen molar-refractivity contribution >= 4 is 0 Å². The zero-order valence-corrected chi connectivity index (χ0v) is 19.0. The number of halogens is 2. The molecule has 1 aliphatic rings. The minimum absolute atomic E-state index is 0.0102. The van der Waals surface area contributed by atoms with Gasteiger partial charge in [-0.1, -0.05) is 55.8 Å². The molecule has 31 heavy (non-hydrogen) atoms. The molecule has 0 aliphatic heterocycles. The summed E-state index contributed by atoms with van der Waals surface area (Å²) in [4.78, 5) is 0. The first-order chi connectivity index (χ1) is 15.1. The fourth-order valence-corrected chi connectivity index (χ4v) is 4.54. The van der Waals surface area contributed by atoms with Crippen molar-refractivity contribution in [2.45, 2.75) is 77.6 Å². The van der Waals surface area contributed by atoms with Crippen LogP contribution in [-0.2, 0) is 12.8 Å². The molecular formula is C28H36F2O. The van der Waals surface area contributed by atoms with Gasteiger partial charge in [0.1, 0.15) is 0 Å². The second-order valence-corrected chi connectivity index (χ2v) is 8.71. The van der Waals surface area contributed by atoms with Crippen molar-refractivity contribution in [3.05, 3.63) is 76.9 Å². The van der Waals surface area contributed by atoms with E-state index in [1.54, 1.807) is 19.1 Å². The summed E-state index contributed by atoms with van der Waals surface area (Å²) in [5, 5.41) is 0. The second-order valence-electron chi connectivity index (χ2n) is 8.71. The maximum Gasteiger partial charge on any atom is 0.200 e. The predicted molar refractivity (Wildman–Crippen MR) is 125 cm³/mol. The first kappa shape index (κ1) is 23.5. The Bertz CT molecular complexity index is 833. The molecule has 1 nitrogen and oxygen atoms in total. The summed E-state index contributed by atoms with van der Waals surface area (Å²) in [6, 6.07) is 12.3. The van der Waals surface area contributed by atoms with Crippen LogP contribution in [0.4, 0.5) is 8.78 Å². The van der Waals surface area contributed by atoms with Gasteiger partial charge >= 0.3 is 0 Å². The first-order valence-electron chi connectivity index (χ1n) is 12.0. The average Bonchev–Trinajstić information content (AvgIpc) is 2.80. The van der Waals surface area contributed by atoms with Crippen LogP contribution in [0.1, 0.15) is 81.4 Å². The molecule has 3 heteroatoms. The Morgan fingerprint density at radius 1 is 0.871 bits per heavy atom. The van der Waals surface area contributed by atoms with Gasteiger partial charge in [-0.3, -0.25) is 0 Å². The third-order valence-electron chi connectivity index (χ3n) is 6.44. The summed E-state index contributed by atoms with van der Waals surface area (Å²) in [5.41, 5.74) is 3.33. The molecule has 2 aromatic rings. The van der Waals surface area contributed by atoms with Crippen molar-refractivity contribution in [3.63, 3.8) is 0 Å². The standard InChI is InChI=1S/C28H36F2O/c1-3-5-8-21-11-13-22(14-12-21)9-6-7-10-23-15-17-24(18-16-23)25-19-20-26(31-4-2)28(30)27(25)29/h7,10-14,19-20,23-24H,3-6,8-9,15-18H2,1-2H3/b10-7+. The maximum atomic E-state index is 14.5. The highest BCUT2D eigenvalue weighted by Crippen LogP contribution is 2.39. The van der Waals surface area contributed by atoms with Crippen LogP contribution >= 0.6 is 0 Å². The van der Waals surface area contributed by atoms with Gasteiger partial charge in [0.25, 0.3) is 0 Å². The van der Waals surface area contributed by atoms with Crippen molar-refractivity contribution in [2.75, 3.05) is 6.61 Å². The molecule has 0 unspecified atom stereocenters. The highest BCUT2D eigenvalue weighted by molar-refractivity contribution is 5.33. The van der Waals surface area contributed by atoms with Gasteiger partial charge < -0.3 is 4.74 Å². The molecular weight excluding hydrogens is 390 g/mol. The minimum atomic E-state index is -0.847. The quantitative estimate of drug-likeness (QED) is 0.348. The molecule has 0 saturated heterocycles. The van der Waals surface area contributed by atoms with Gasteiger partial charge in [0.05, 0.1) is 6.61 Å². The van der Waals surface area contributed by atoms with Crippen molar-refractivity contribution in [2.24, 2.45) is 5.92 Å². The third-order valence-corrected chi connectivity index (χ3v) is 6.44. The van der Waals surface area contributed by atoms with Crippen molar-refractivity contribution < 1.29 is 13.5 Å². The largest absolute Gasteiger partial charge is 0.491 e. The minimum Gasteiger partial charge on any atom is -0.491 e. The van der Waals surface area contributed by atoms with Gasteiger partial charge in [-0.05, 0) is 92.9 Å². The maximum absolute atomic E-state index is 14.5. The van der Waals surface area contributed by atoms with Gasteiger partial charge in [-0.15, -0.1) is 0 Å². The van der Waals surface area contributed by atoms with E-state index in [1.165, 1.54) is 30.4 Å². The lowest BCUT2D eigenvalue weighted by molar-refractivity contribution is 0.310. The molecule has 0 heterocycles. The molecule has 1 fully saturated rings. The van der Waals surface area contributed by atoms with Crippen LogP contribution in [0.2, 0.25) is 0 Å². The highest BCUT2D eigenvalue weighted by Gasteiger charge is 2.25. The summed E-state index contributed by atoms with van der Waals surface area (Å²) >= 11 is 0. The smallest absolute Gasteiger partial charge is 0.200 e. The first-order valence-corrected chi connectivity index (χ1v) is 12.0. The van der Waals surface area contributed by atoms with Crippen LogP contribution in [0.25, 0.3) is 0 Å². The van der Waals surface area contributed by atoms with Crippen LogP contribution < -0.4 is 4.74 Å². The number of unbranched alkanes of at least 4 members (excludes halogenated alkanes) is 1. The van der Waals surface area contributed by atoms with E-state index in [4.69, 9.17) is 4.74 Å². The Labute approximate surface area is 186 Å². The van der Waals surface area contributed by atoms with Gasteiger partial charge in [-0.25, -0.2) is 4.39 Å². The molecule has 0 bridgehead atoms. The van der Waals surface area contributed by atoms with Crippen molar-refractivity contribution in [3.8, 4) is 5.75 Å². The Morgan fingerprint density at radius 2 is 1.55 bits per heavy atom. The SMILES string of the molecule is CCCCc1ccc(CC/C=C/C2CCC(c3ccc(OCC)c(F)c3F)CC2)cc1. The molecule has 0 N–H and O–H groups in total. The lowest BCUT2D eigenvalue weighted by Gasteiger charge is -2.27. The number of hydrogen-bond donors (Lipinski definition) is 0. The van der Waals surface area contributed by atoms with E-state index in [2.05, 4.69) is 43.3 Å². The van der Waals surface area contributed by atoms with Crippen LogP contribution in [0.3, 0.4) is 0 Å². The molecule has 0 amide bonds. The van der Waals surface area contributed by atoms with E-state index in [0.29, 0.717) is 18.1 Å². The van der Waals surface area contributed by atoms with Gasteiger partial charge in [-0.2, -0.15) is 4.39 Å². The lowest BCUT2D eigenvalue weighted by atomic mass is 9.78. The third kappa shape index (κ3) is 6.66. The van der Waals surface area contributed by atoms with E-state index in [0.717, 1.165) is 38.5 Å². The van der Waals surface area contributed by atoms with Crippen molar-refractivity contribution in [1.29, 1.82) is 0 Å². The Morgan fingerprint density at radius 3 is 2.19 bits per heavy atom. The molecule has 0 radical (unpaired) electrons. The van der Waals surface area contributed by atoms with E-state index in [1.807, 2.05) is 0 Å². The van der Waals surface area contributed by atoms with E-state index >= 15 is 0 Å². The highest BCUT2D eigenvalue weighted by atomic mass is 19.2. The van der Waals surface area contributed by atoms with Crippen molar-refractivity contribution in [1.82, 2.24) is 0 Å². The Kier molecular flexibility index (Phi) is 9.12. The van der Waals surface area contributed by atoms with Crippen LogP contribution in [0.15, 0.2) is 48.6 Å². The summed E-state index contributed by atoms with van der Waals surface area (Å²) in [6.45, 7) is 4.33. The molecule has 2 aromatic carbocycles. The van der Waals surface area contributed by atoms with E-state index in [-0.39, 0.29) is 11.7 Å². The second kappa shape index (κ2) is 12.0. The van der Waals surface area contributed by atoms with E-state index in [9.17, 15) is 8.78 Å². The predicted octanol–water partition coefficient (Wildman–Crippen LogP) is 8.17. The zero-order valence-electron chi connectivity index (χ0n) is 19.0. The Hall–Kier alpha value is -2.16. The van der Waals surface area contributed by atoms with Crippen LogP contribution in [-0.4, -0.2) is 6.61 Å². The number of ether oxygens (including phenoxy) is 1. The lowest BCUT2D eigenvalue weighted by Crippen LogP contribution is -2.14. The van der Waals surface area contributed by atoms with Gasteiger partial charge in [0.2, 0.25) is 5.82 Å². The fourth-order valence-electron chi connectivity index (χ4n) is 4.54. The zero-order chi connectivity index (χ0) is 22.1. The Balaban J connectivity index is 1.44. The molecule has 1 aliphatic carbocycles.